The Hall–Kier alpha value is -0.170. The SMILES string of the molecule is CCCN(C(C)C)S(=O)(=O)N1CCCCC1CNC. The first-order valence-corrected chi connectivity index (χ1v) is 8.78. The van der Waals surface area contributed by atoms with Crippen molar-refractivity contribution >= 4 is 10.2 Å². The van der Waals surface area contributed by atoms with Gasteiger partial charge in [-0.05, 0) is 40.2 Å². The fourth-order valence-electron chi connectivity index (χ4n) is 2.71. The van der Waals surface area contributed by atoms with E-state index < -0.39 is 10.2 Å². The average Bonchev–Trinajstić information content (AvgIpc) is 2.36. The van der Waals surface area contributed by atoms with Crippen molar-refractivity contribution < 1.29 is 8.42 Å². The maximum absolute atomic E-state index is 12.8. The summed E-state index contributed by atoms with van der Waals surface area (Å²) in [6.45, 7) is 7.91. The smallest absolute Gasteiger partial charge is 0.282 e. The Balaban J connectivity index is 2.93. The third kappa shape index (κ3) is 4.15. The van der Waals surface area contributed by atoms with E-state index in [0.29, 0.717) is 13.1 Å². The summed E-state index contributed by atoms with van der Waals surface area (Å²) in [7, 11) is -1.45. The molecule has 1 unspecified atom stereocenters. The van der Waals surface area contributed by atoms with Gasteiger partial charge in [0.05, 0.1) is 0 Å². The van der Waals surface area contributed by atoms with E-state index in [-0.39, 0.29) is 12.1 Å². The fraction of sp³-hybridized carbons (Fsp3) is 1.00. The molecule has 0 aliphatic carbocycles. The van der Waals surface area contributed by atoms with Crippen molar-refractivity contribution in [1.29, 1.82) is 0 Å². The Morgan fingerprint density at radius 3 is 2.58 bits per heavy atom. The van der Waals surface area contributed by atoms with Crippen molar-refractivity contribution in [3.63, 3.8) is 0 Å². The van der Waals surface area contributed by atoms with Gasteiger partial charge in [0, 0.05) is 31.7 Å². The molecule has 1 atom stereocenters. The third-order valence-corrected chi connectivity index (χ3v) is 5.90. The summed E-state index contributed by atoms with van der Waals surface area (Å²) in [5.74, 6) is 0. The van der Waals surface area contributed by atoms with Gasteiger partial charge in [-0.15, -0.1) is 0 Å². The molecule has 0 aromatic rings. The minimum Gasteiger partial charge on any atom is -0.318 e. The van der Waals surface area contributed by atoms with Crippen molar-refractivity contribution in [2.45, 2.75) is 58.5 Å². The second-order valence-corrected chi connectivity index (χ2v) is 7.36. The lowest BCUT2D eigenvalue weighted by atomic mass is 10.1. The molecule has 6 heteroatoms. The monoisotopic (exact) mass is 291 g/mol. The molecule has 1 aliphatic rings. The molecule has 0 bridgehead atoms. The normalized spacial score (nSPS) is 22.3. The van der Waals surface area contributed by atoms with E-state index in [0.717, 1.165) is 32.2 Å². The van der Waals surface area contributed by atoms with Crippen LogP contribution in [0, 0.1) is 0 Å². The molecular formula is C13H29N3O2S. The highest BCUT2D eigenvalue weighted by molar-refractivity contribution is 7.86. The van der Waals surface area contributed by atoms with E-state index in [1.54, 1.807) is 8.61 Å². The molecule has 1 fully saturated rings. The molecule has 0 saturated carbocycles. The molecule has 5 nitrogen and oxygen atoms in total. The highest BCUT2D eigenvalue weighted by Gasteiger charge is 2.36. The molecule has 1 N–H and O–H groups in total. The lowest BCUT2D eigenvalue weighted by Crippen LogP contribution is -2.54. The molecule has 1 rings (SSSR count). The summed E-state index contributed by atoms with van der Waals surface area (Å²) >= 11 is 0. The average molecular weight is 291 g/mol. The summed E-state index contributed by atoms with van der Waals surface area (Å²) in [6, 6.07) is 0.115. The number of likely N-dealkylation sites (N-methyl/N-ethyl adjacent to an activating group) is 1. The first-order chi connectivity index (χ1) is 8.95. The second kappa shape index (κ2) is 7.57. The van der Waals surface area contributed by atoms with Gasteiger partial charge >= 0.3 is 0 Å². The van der Waals surface area contributed by atoms with Crippen molar-refractivity contribution in [3.8, 4) is 0 Å². The quantitative estimate of drug-likeness (QED) is 0.772. The summed E-state index contributed by atoms with van der Waals surface area (Å²) in [5, 5.41) is 3.12. The van der Waals surface area contributed by atoms with E-state index in [4.69, 9.17) is 0 Å². The number of piperidine rings is 1. The van der Waals surface area contributed by atoms with E-state index >= 15 is 0 Å². The Labute approximate surface area is 118 Å². The van der Waals surface area contributed by atoms with Crippen LogP contribution < -0.4 is 5.32 Å². The van der Waals surface area contributed by atoms with Gasteiger partial charge in [0.2, 0.25) is 0 Å². The largest absolute Gasteiger partial charge is 0.318 e. The Morgan fingerprint density at radius 2 is 2.05 bits per heavy atom. The van der Waals surface area contributed by atoms with Gasteiger partial charge in [-0.1, -0.05) is 13.3 Å². The number of nitrogens with one attached hydrogen (secondary N) is 1. The molecule has 0 aromatic heterocycles. The van der Waals surface area contributed by atoms with E-state index in [2.05, 4.69) is 5.32 Å². The minimum atomic E-state index is -3.33. The van der Waals surface area contributed by atoms with Crippen LogP contribution in [0.2, 0.25) is 0 Å². The van der Waals surface area contributed by atoms with Crippen LogP contribution in [0.4, 0.5) is 0 Å². The first kappa shape index (κ1) is 16.9. The standard InChI is InChI=1S/C13H29N3O2S/c1-5-9-15(12(2)3)19(17,18)16-10-7-6-8-13(16)11-14-4/h12-14H,5-11H2,1-4H3. The van der Waals surface area contributed by atoms with E-state index in [1.807, 2.05) is 27.8 Å². The zero-order valence-corrected chi connectivity index (χ0v) is 13.5. The van der Waals surface area contributed by atoms with Crippen LogP contribution in [0.1, 0.15) is 46.5 Å². The summed E-state index contributed by atoms with van der Waals surface area (Å²) in [4.78, 5) is 0. The lowest BCUT2D eigenvalue weighted by molar-refractivity contribution is 0.220. The predicted molar refractivity (Wildman–Crippen MR) is 79.3 cm³/mol. The molecular weight excluding hydrogens is 262 g/mol. The van der Waals surface area contributed by atoms with Crippen molar-refractivity contribution in [2.24, 2.45) is 0 Å². The van der Waals surface area contributed by atoms with Gasteiger partial charge in [-0.2, -0.15) is 17.0 Å². The lowest BCUT2D eigenvalue weighted by Gasteiger charge is -2.39. The molecule has 0 amide bonds. The molecule has 0 aromatic carbocycles. The summed E-state index contributed by atoms with van der Waals surface area (Å²) in [5.41, 5.74) is 0. The Kier molecular flexibility index (Phi) is 6.73. The number of hydrogen-bond acceptors (Lipinski definition) is 3. The van der Waals surface area contributed by atoms with Crippen LogP contribution in [0.25, 0.3) is 0 Å². The van der Waals surface area contributed by atoms with Gasteiger partial charge < -0.3 is 5.32 Å². The molecule has 1 saturated heterocycles. The van der Waals surface area contributed by atoms with Crippen LogP contribution in [0.5, 0.6) is 0 Å². The second-order valence-electron chi connectivity index (χ2n) is 5.53. The van der Waals surface area contributed by atoms with E-state index in [9.17, 15) is 8.42 Å². The topological polar surface area (TPSA) is 52.7 Å². The first-order valence-electron chi connectivity index (χ1n) is 7.38. The fourth-order valence-corrected chi connectivity index (χ4v) is 4.84. The molecule has 19 heavy (non-hydrogen) atoms. The van der Waals surface area contributed by atoms with Gasteiger partial charge in [0.25, 0.3) is 10.2 Å². The van der Waals surface area contributed by atoms with Crippen molar-refractivity contribution in [2.75, 3.05) is 26.7 Å². The van der Waals surface area contributed by atoms with Gasteiger partial charge in [0.15, 0.2) is 0 Å². The number of hydrogen-bond donors (Lipinski definition) is 1. The van der Waals surface area contributed by atoms with Crippen LogP contribution in [0.15, 0.2) is 0 Å². The van der Waals surface area contributed by atoms with Gasteiger partial charge in [-0.25, -0.2) is 0 Å². The van der Waals surface area contributed by atoms with Crippen LogP contribution in [-0.2, 0) is 10.2 Å². The van der Waals surface area contributed by atoms with Crippen LogP contribution >= 0.6 is 0 Å². The maximum Gasteiger partial charge on any atom is 0.282 e. The zero-order valence-electron chi connectivity index (χ0n) is 12.7. The van der Waals surface area contributed by atoms with Crippen LogP contribution in [-0.4, -0.2) is 55.8 Å². The van der Waals surface area contributed by atoms with E-state index in [1.165, 1.54) is 0 Å². The Bertz CT molecular complexity index is 355. The van der Waals surface area contributed by atoms with Crippen LogP contribution in [0.3, 0.4) is 0 Å². The molecule has 0 radical (unpaired) electrons. The number of rotatable bonds is 7. The van der Waals surface area contributed by atoms with Crippen molar-refractivity contribution in [3.05, 3.63) is 0 Å². The van der Waals surface area contributed by atoms with Crippen molar-refractivity contribution in [1.82, 2.24) is 13.9 Å². The maximum atomic E-state index is 12.8. The molecule has 0 spiro atoms. The molecule has 1 heterocycles. The summed E-state index contributed by atoms with van der Waals surface area (Å²) in [6.07, 6.45) is 3.89. The number of nitrogens with zero attached hydrogens (tertiary/aromatic N) is 2. The predicted octanol–water partition coefficient (Wildman–Crippen LogP) is 1.43. The highest BCUT2D eigenvalue weighted by atomic mass is 32.2. The highest BCUT2D eigenvalue weighted by Crippen LogP contribution is 2.23. The van der Waals surface area contributed by atoms with Gasteiger partial charge in [-0.3, -0.25) is 0 Å². The Morgan fingerprint density at radius 1 is 1.37 bits per heavy atom. The third-order valence-electron chi connectivity index (χ3n) is 3.63. The minimum absolute atomic E-state index is 0.0158. The van der Waals surface area contributed by atoms with Gasteiger partial charge in [0.1, 0.15) is 0 Å². The molecule has 1 aliphatic heterocycles. The molecule has 114 valence electrons. The summed E-state index contributed by atoms with van der Waals surface area (Å²) < 4.78 is 29.0. The zero-order chi connectivity index (χ0) is 14.5.